The topological polar surface area (TPSA) is 66.4 Å². The van der Waals surface area contributed by atoms with Crippen molar-refractivity contribution in [1.29, 1.82) is 0 Å². The van der Waals surface area contributed by atoms with Crippen LogP contribution in [0.25, 0.3) is 11.1 Å². The summed E-state index contributed by atoms with van der Waals surface area (Å²) >= 11 is 1.48. The summed E-state index contributed by atoms with van der Waals surface area (Å²) in [6, 6.07) is 17.1. The van der Waals surface area contributed by atoms with Crippen molar-refractivity contribution in [1.82, 2.24) is 0 Å². The smallest absolute Gasteiger partial charge is 0.307 e. The minimum atomic E-state index is -0.890. The van der Waals surface area contributed by atoms with Gasteiger partial charge in [-0.15, -0.1) is 11.3 Å². The summed E-state index contributed by atoms with van der Waals surface area (Å²) in [6.45, 7) is 6.57. The molecule has 4 nitrogen and oxygen atoms in total. The number of benzene rings is 2. The molecule has 3 aromatic rings. The number of carboxylic acid groups (broad SMARTS) is 1. The summed E-state index contributed by atoms with van der Waals surface area (Å²) in [6.07, 6.45) is -0.0514. The summed E-state index contributed by atoms with van der Waals surface area (Å²) in [5, 5.41) is 14.5. The molecule has 0 spiro atoms. The largest absolute Gasteiger partial charge is 0.481 e. The molecule has 144 valence electrons. The lowest BCUT2D eigenvalue weighted by Crippen LogP contribution is -2.11. The first kappa shape index (κ1) is 19.8. The molecule has 1 heterocycles. The molecule has 0 fully saturated rings. The number of nitrogens with one attached hydrogen (secondary N) is 1. The van der Waals surface area contributed by atoms with E-state index in [9.17, 15) is 9.59 Å². The fourth-order valence-electron chi connectivity index (χ4n) is 2.85. The molecule has 2 N–H and O–H groups in total. The first-order valence-corrected chi connectivity index (χ1v) is 9.92. The number of hydrogen-bond donors (Lipinski definition) is 2. The Kier molecular flexibility index (Phi) is 5.66. The van der Waals surface area contributed by atoms with E-state index in [2.05, 4.69) is 50.4 Å². The average Bonchev–Trinajstić information content (AvgIpc) is 3.09. The highest BCUT2D eigenvalue weighted by atomic mass is 32.1. The third-order valence-corrected chi connectivity index (χ3v) is 5.34. The van der Waals surface area contributed by atoms with E-state index >= 15 is 0 Å². The lowest BCUT2D eigenvalue weighted by molar-refractivity contribution is -0.136. The van der Waals surface area contributed by atoms with E-state index in [1.54, 1.807) is 24.3 Å². The molecule has 5 heteroatoms. The van der Waals surface area contributed by atoms with Gasteiger partial charge >= 0.3 is 5.97 Å². The normalized spacial score (nSPS) is 11.2. The second-order valence-electron chi connectivity index (χ2n) is 7.75. The van der Waals surface area contributed by atoms with Gasteiger partial charge < -0.3 is 10.4 Å². The third kappa shape index (κ3) is 4.87. The Morgan fingerprint density at radius 1 is 0.964 bits per heavy atom. The predicted molar refractivity (Wildman–Crippen MR) is 114 cm³/mol. The first-order chi connectivity index (χ1) is 13.2. The fraction of sp³-hybridized carbons (Fsp3) is 0.217. The van der Waals surface area contributed by atoms with E-state index in [-0.39, 0.29) is 17.7 Å². The standard InChI is InChI=1S/C23H23NO3S/c1-23(2,3)19-10-8-16(9-11-19)18-13-20(28-14-18)24-22(27)17-6-4-15(5-7-17)12-21(25)26/h4-11,13-14H,12H2,1-3H3,(H,24,27)(H,25,26). The molecule has 0 atom stereocenters. The second kappa shape index (κ2) is 7.98. The predicted octanol–water partition coefficient (Wildman–Crippen LogP) is 5.59. The quantitative estimate of drug-likeness (QED) is 0.594. The first-order valence-electron chi connectivity index (χ1n) is 9.04. The molecule has 0 saturated carbocycles. The summed E-state index contributed by atoms with van der Waals surface area (Å²) in [7, 11) is 0. The van der Waals surface area contributed by atoms with Crippen molar-refractivity contribution in [3.05, 3.63) is 76.7 Å². The van der Waals surface area contributed by atoms with Crippen molar-refractivity contribution in [2.45, 2.75) is 32.6 Å². The molecule has 1 amide bonds. The monoisotopic (exact) mass is 393 g/mol. The zero-order valence-electron chi connectivity index (χ0n) is 16.2. The number of hydrogen-bond acceptors (Lipinski definition) is 3. The number of carboxylic acids is 1. The zero-order chi connectivity index (χ0) is 20.3. The summed E-state index contributed by atoms with van der Waals surface area (Å²) in [5.74, 6) is -1.10. The van der Waals surface area contributed by atoms with Crippen molar-refractivity contribution >= 4 is 28.2 Å². The molecule has 2 aromatic carbocycles. The molecular weight excluding hydrogens is 370 g/mol. The molecule has 28 heavy (non-hydrogen) atoms. The van der Waals surface area contributed by atoms with Crippen LogP contribution in [0.5, 0.6) is 0 Å². The molecule has 0 radical (unpaired) electrons. The lowest BCUT2D eigenvalue weighted by atomic mass is 9.86. The zero-order valence-corrected chi connectivity index (χ0v) is 17.0. The maximum absolute atomic E-state index is 12.4. The summed E-state index contributed by atoms with van der Waals surface area (Å²) in [4.78, 5) is 23.2. The van der Waals surface area contributed by atoms with E-state index in [0.717, 1.165) is 16.1 Å². The minimum Gasteiger partial charge on any atom is -0.481 e. The maximum atomic E-state index is 12.4. The van der Waals surface area contributed by atoms with Crippen LogP contribution < -0.4 is 5.32 Å². The molecular formula is C23H23NO3S. The van der Waals surface area contributed by atoms with E-state index in [1.165, 1.54) is 16.9 Å². The minimum absolute atomic E-state index is 0.0514. The highest BCUT2D eigenvalue weighted by Crippen LogP contribution is 2.31. The number of thiophene rings is 1. The van der Waals surface area contributed by atoms with Gasteiger partial charge in [0.15, 0.2) is 0 Å². The van der Waals surface area contributed by atoms with Crippen molar-refractivity contribution in [2.75, 3.05) is 5.32 Å². The number of carbonyl (C=O) groups excluding carboxylic acids is 1. The van der Waals surface area contributed by atoms with Crippen molar-refractivity contribution in [2.24, 2.45) is 0 Å². The molecule has 0 aliphatic rings. The van der Waals surface area contributed by atoms with Crippen molar-refractivity contribution < 1.29 is 14.7 Å². The molecule has 3 rings (SSSR count). The van der Waals surface area contributed by atoms with Gasteiger partial charge in [-0.05, 0) is 45.9 Å². The van der Waals surface area contributed by atoms with Gasteiger partial charge in [-0.1, -0.05) is 57.2 Å². The molecule has 0 aliphatic heterocycles. The van der Waals surface area contributed by atoms with Crippen LogP contribution in [0.4, 0.5) is 5.00 Å². The number of aliphatic carboxylic acids is 1. The molecule has 0 aliphatic carbocycles. The Labute approximate surface area is 168 Å². The molecule has 1 aromatic heterocycles. The maximum Gasteiger partial charge on any atom is 0.307 e. The van der Waals surface area contributed by atoms with Crippen molar-refractivity contribution in [3.8, 4) is 11.1 Å². The highest BCUT2D eigenvalue weighted by Gasteiger charge is 2.14. The number of anilines is 1. The Bertz CT molecular complexity index is 980. The Morgan fingerprint density at radius 3 is 2.18 bits per heavy atom. The van der Waals surface area contributed by atoms with Crippen molar-refractivity contribution in [3.63, 3.8) is 0 Å². The third-order valence-electron chi connectivity index (χ3n) is 4.49. The average molecular weight is 394 g/mol. The van der Waals surface area contributed by atoms with E-state index in [1.807, 2.05) is 11.4 Å². The Hall–Kier alpha value is -2.92. The molecule has 0 unspecified atom stereocenters. The van der Waals surface area contributed by atoms with Gasteiger partial charge in [-0.25, -0.2) is 0 Å². The van der Waals surface area contributed by atoms with E-state index in [0.29, 0.717) is 11.1 Å². The van der Waals surface area contributed by atoms with Gasteiger partial charge in [-0.2, -0.15) is 0 Å². The van der Waals surface area contributed by atoms with Crippen LogP contribution in [0.1, 0.15) is 42.3 Å². The van der Waals surface area contributed by atoms with Gasteiger partial charge in [0.05, 0.1) is 11.4 Å². The fourth-order valence-corrected chi connectivity index (χ4v) is 3.65. The molecule has 0 saturated heterocycles. The second-order valence-corrected chi connectivity index (χ2v) is 8.66. The van der Waals surface area contributed by atoms with Gasteiger partial charge in [0.25, 0.3) is 5.91 Å². The van der Waals surface area contributed by atoms with Crippen LogP contribution in [-0.2, 0) is 16.6 Å². The number of amides is 1. The van der Waals surface area contributed by atoms with Gasteiger partial charge in [0.2, 0.25) is 0 Å². The number of carbonyl (C=O) groups is 2. The van der Waals surface area contributed by atoms with Gasteiger partial charge in [-0.3, -0.25) is 9.59 Å². The van der Waals surface area contributed by atoms with Crippen LogP contribution in [0.3, 0.4) is 0 Å². The van der Waals surface area contributed by atoms with Gasteiger partial charge in [0.1, 0.15) is 0 Å². The summed E-state index contributed by atoms with van der Waals surface area (Å²) < 4.78 is 0. The van der Waals surface area contributed by atoms with Gasteiger partial charge in [0, 0.05) is 10.9 Å². The van der Waals surface area contributed by atoms with Crippen LogP contribution >= 0.6 is 11.3 Å². The summed E-state index contributed by atoms with van der Waals surface area (Å²) in [5.41, 5.74) is 4.75. The molecule has 0 bridgehead atoms. The Morgan fingerprint density at radius 2 is 1.61 bits per heavy atom. The van der Waals surface area contributed by atoms with Crippen LogP contribution in [-0.4, -0.2) is 17.0 Å². The van der Waals surface area contributed by atoms with Crippen LogP contribution in [0, 0.1) is 0 Å². The number of rotatable bonds is 5. The van der Waals surface area contributed by atoms with E-state index in [4.69, 9.17) is 5.11 Å². The SMILES string of the molecule is CC(C)(C)c1ccc(-c2csc(NC(=O)c3ccc(CC(=O)O)cc3)c2)cc1. The lowest BCUT2D eigenvalue weighted by Gasteiger charge is -2.19. The van der Waals surface area contributed by atoms with Crippen LogP contribution in [0.15, 0.2) is 60.0 Å². The highest BCUT2D eigenvalue weighted by molar-refractivity contribution is 7.14. The van der Waals surface area contributed by atoms with Crippen LogP contribution in [0.2, 0.25) is 0 Å². The Balaban J connectivity index is 1.68. The van der Waals surface area contributed by atoms with E-state index < -0.39 is 5.97 Å².